The highest BCUT2D eigenvalue weighted by molar-refractivity contribution is 7.13. The molecule has 2 heterocycles. The number of benzene rings is 1. The van der Waals surface area contributed by atoms with E-state index >= 15 is 0 Å². The Morgan fingerprint density at radius 1 is 1.33 bits per heavy atom. The van der Waals surface area contributed by atoms with Gasteiger partial charge in [-0.3, -0.25) is 9.69 Å². The number of carbonyl (C=O) groups is 1. The SMILES string of the molecule is CC(C)=CCN1CCC(NC(=O)Cc2csc(-c3ccccc3Cl)n2)CC1. The standard InChI is InChI=1S/C21H26ClN3OS/c1-15(2)7-10-25-11-8-16(9-12-25)23-20(26)13-17-14-27-21(24-17)18-5-3-4-6-19(18)22/h3-7,14,16H,8-13H2,1-2H3,(H,23,26). The molecule has 1 aliphatic rings. The molecule has 4 nitrogen and oxygen atoms in total. The summed E-state index contributed by atoms with van der Waals surface area (Å²) in [6, 6.07) is 7.92. The van der Waals surface area contributed by atoms with Crippen LogP contribution in [0.25, 0.3) is 10.6 Å². The van der Waals surface area contributed by atoms with Gasteiger partial charge in [0.25, 0.3) is 0 Å². The molecule has 0 aliphatic carbocycles. The van der Waals surface area contributed by atoms with Gasteiger partial charge in [0.15, 0.2) is 0 Å². The van der Waals surface area contributed by atoms with Gasteiger partial charge < -0.3 is 5.32 Å². The van der Waals surface area contributed by atoms with Crippen molar-refractivity contribution in [1.29, 1.82) is 0 Å². The van der Waals surface area contributed by atoms with Gasteiger partial charge in [-0.05, 0) is 32.8 Å². The molecule has 1 N–H and O–H groups in total. The molecule has 0 saturated carbocycles. The minimum absolute atomic E-state index is 0.0498. The Bertz CT molecular complexity index is 805. The fraction of sp³-hybridized carbons (Fsp3) is 0.429. The van der Waals surface area contributed by atoms with Gasteiger partial charge in [-0.1, -0.05) is 41.4 Å². The number of amides is 1. The molecule has 0 radical (unpaired) electrons. The second-order valence-electron chi connectivity index (χ2n) is 7.22. The Morgan fingerprint density at radius 2 is 2.07 bits per heavy atom. The molecule has 1 saturated heterocycles. The minimum atomic E-state index is 0.0498. The van der Waals surface area contributed by atoms with Gasteiger partial charge in [0.1, 0.15) is 5.01 Å². The molecule has 144 valence electrons. The van der Waals surface area contributed by atoms with E-state index in [0.29, 0.717) is 11.4 Å². The average Bonchev–Trinajstić information content (AvgIpc) is 3.09. The van der Waals surface area contributed by atoms with Crippen LogP contribution in [0.5, 0.6) is 0 Å². The number of allylic oxidation sites excluding steroid dienone is 1. The van der Waals surface area contributed by atoms with Crippen molar-refractivity contribution < 1.29 is 4.79 Å². The zero-order valence-electron chi connectivity index (χ0n) is 15.9. The van der Waals surface area contributed by atoms with E-state index in [4.69, 9.17) is 11.6 Å². The molecular formula is C21H26ClN3OS. The maximum atomic E-state index is 12.4. The van der Waals surface area contributed by atoms with Crippen molar-refractivity contribution in [3.05, 3.63) is 52.0 Å². The third kappa shape index (κ3) is 5.89. The maximum absolute atomic E-state index is 12.4. The van der Waals surface area contributed by atoms with Crippen molar-refractivity contribution in [2.24, 2.45) is 0 Å². The van der Waals surface area contributed by atoms with E-state index in [1.54, 1.807) is 0 Å². The monoisotopic (exact) mass is 403 g/mol. The number of carbonyl (C=O) groups excluding carboxylic acids is 1. The van der Waals surface area contributed by atoms with Crippen LogP contribution >= 0.6 is 22.9 Å². The Kier molecular flexibility index (Phi) is 7.05. The maximum Gasteiger partial charge on any atom is 0.226 e. The van der Waals surface area contributed by atoms with Crippen molar-refractivity contribution in [2.45, 2.75) is 39.2 Å². The normalized spacial score (nSPS) is 15.5. The topological polar surface area (TPSA) is 45.2 Å². The first kappa shape index (κ1) is 20.1. The van der Waals surface area contributed by atoms with E-state index < -0.39 is 0 Å². The summed E-state index contributed by atoms with van der Waals surface area (Å²) in [4.78, 5) is 19.4. The lowest BCUT2D eigenvalue weighted by Crippen LogP contribution is -2.45. The first-order chi connectivity index (χ1) is 13.0. The van der Waals surface area contributed by atoms with Crippen LogP contribution < -0.4 is 5.32 Å². The molecule has 0 bridgehead atoms. The summed E-state index contributed by atoms with van der Waals surface area (Å²) in [6.07, 6.45) is 4.59. The molecule has 1 fully saturated rings. The molecule has 0 unspecified atom stereocenters. The molecule has 3 rings (SSSR count). The Balaban J connectivity index is 1.48. The van der Waals surface area contributed by atoms with Crippen LogP contribution in [0.3, 0.4) is 0 Å². The van der Waals surface area contributed by atoms with Gasteiger partial charge in [0, 0.05) is 36.6 Å². The first-order valence-electron chi connectivity index (χ1n) is 9.35. The summed E-state index contributed by atoms with van der Waals surface area (Å²) in [5.41, 5.74) is 3.07. The third-order valence-electron chi connectivity index (χ3n) is 4.71. The number of aromatic nitrogens is 1. The molecule has 0 atom stereocenters. The van der Waals surface area contributed by atoms with E-state index in [2.05, 4.69) is 35.1 Å². The summed E-state index contributed by atoms with van der Waals surface area (Å²) in [7, 11) is 0. The Labute approximate surface area is 170 Å². The Hall–Kier alpha value is -1.69. The lowest BCUT2D eigenvalue weighted by Gasteiger charge is -2.31. The fourth-order valence-electron chi connectivity index (χ4n) is 3.16. The van der Waals surface area contributed by atoms with Crippen LogP contribution in [0.1, 0.15) is 32.4 Å². The number of rotatable bonds is 6. The van der Waals surface area contributed by atoms with Crippen molar-refractivity contribution >= 4 is 28.8 Å². The molecular weight excluding hydrogens is 378 g/mol. The van der Waals surface area contributed by atoms with Gasteiger partial charge in [-0.15, -0.1) is 11.3 Å². The van der Waals surface area contributed by atoms with Crippen molar-refractivity contribution in [1.82, 2.24) is 15.2 Å². The zero-order chi connectivity index (χ0) is 19.2. The van der Waals surface area contributed by atoms with Crippen LogP contribution in [-0.2, 0) is 11.2 Å². The summed E-state index contributed by atoms with van der Waals surface area (Å²) >= 11 is 7.76. The lowest BCUT2D eigenvalue weighted by atomic mass is 10.0. The van der Waals surface area contributed by atoms with Gasteiger partial charge in [-0.2, -0.15) is 0 Å². The van der Waals surface area contributed by atoms with Crippen LogP contribution in [-0.4, -0.2) is 41.5 Å². The van der Waals surface area contributed by atoms with Crippen molar-refractivity contribution in [3.63, 3.8) is 0 Å². The van der Waals surface area contributed by atoms with Gasteiger partial charge in [0.2, 0.25) is 5.91 Å². The van der Waals surface area contributed by atoms with E-state index in [0.717, 1.165) is 48.7 Å². The molecule has 1 amide bonds. The van der Waals surface area contributed by atoms with E-state index in [1.807, 2.05) is 29.6 Å². The number of likely N-dealkylation sites (tertiary alicyclic amines) is 1. The zero-order valence-corrected chi connectivity index (χ0v) is 17.4. The first-order valence-corrected chi connectivity index (χ1v) is 10.6. The predicted molar refractivity (Wildman–Crippen MR) is 113 cm³/mol. The fourth-order valence-corrected chi connectivity index (χ4v) is 4.30. The summed E-state index contributed by atoms with van der Waals surface area (Å²) in [5, 5.41) is 6.66. The predicted octanol–water partition coefficient (Wildman–Crippen LogP) is 4.55. The number of nitrogens with zero attached hydrogens (tertiary/aromatic N) is 2. The van der Waals surface area contributed by atoms with E-state index in [1.165, 1.54) is 16.9 Å². The highest BCUT2D eigenvalue weighted by Gasteiger charge is 2.20. The number of nitrogens with one attached hydrogen (secondary N) is 1. The number of thiazole rings is 1. The smallest absolute Gasteiger partial charge is 0.226 e. The number of hydrogen-bond donors (Lipinski definition) is 1. The minimum Gasteiger partial charge on any atom is -0.353 e. The molecule has 2 aromatic rings. The van der Waals surface area contributed by atoms with Gasteiger partial charge in [-0.25, -0.2) is 4.98 Å². The number of hydrogen-bond acceptors (Lipinski definition) is 4. The third-order valence-corrected chi connectivity index (χ3v) is 5.96. The van der Waals surface area contributed by atoms with Crippen LogP contribution in [0.4, 0.5) is 0 Å². The summed E-state index contributed by atoms with van der Waals surface area (Å²) < 4.78 is 0. The van der Waals surface area contributed by atoms with Gasteiger partial charge >= 0.3 is 0 Å². The lowest BCUT2D eigenvalue weighted by molar-refractivity contribution is -0.121. The average molecular weight is 404 g/mol. The number of halogens is 1. The molecule has 1 aromatic carbocycles. The molecule has 1 aliphatic heterocycles. The molecule has 27 heavy (non-hydrogen) atoms. The number of piperidine rings is 1. The highest BCUT2D eigenvalue weighted by Crippen LogP contribution is 2.30. The van der Waals surface area contributed by atoms with Crippen LogP contribution in [0.15, 0.2) is 41.3 Å². The van der Waals surface area contributed by atoms with E-state index in [-0.39, 0.29) is 11.9 Å². The van der Waals surface area contributed by atoms with Crippen molar-refractivity contribution in [2.75, 3.05) is 19.6 Å². The van der Waals surface area contributed by atoms with E-state index in [9.17, 15) is 4.79 Å². The summed E-state index contributed by atoms with van der Waals surface area (Å²) in [6.45, 7) is 7.32. The molecule has 6 heteroatoms. The largest absolute Gasteiger partial charge is 0.353 e. The van der Waals surface area contributed by atoms with Crippen LogP contribution in [0.2, 0.25) is 5.02 Å². The molecule has 0 spiro atoms. The van der Waals surface area contributed by atoms with Crippen LogP contribution in [0, 0.1) is 0 Å². The Morgan fingerprint density at radius 3 is 2.78 bits per heavy atom. The second-order valence-corrected chi connectivity index (χ2v) is 8.49. The summed E-state index contributed by atoms with van der Waals surface area (Å²) in [5.74, 6) is 0.0498. The quantitative estimate of drug-likeness (QED) is 0.719. The van der Waals surface area contributed by atoms with Crippen molar-refractivity contribution in [3.8, 4) is 10.6 Å². The second kappa shape index (κ2) is 9.49. The molecule has 1 aromatic heterocycles. The van der Waals surface area contributed by atoms with Gasteiger partial charge in [0.05, 0.1) is 17.1 Å². The highest BCUT2D eigenvalue weighted by atomic mass is 35.5.